The van der Waals surface area contributed by atoms with Crippen LogP contribution in [0.4, 0.5) is 11.6 Å². The average Bonchev–Trinajstić information content (AvgIpc) is 2.15. The second kappa shape index (κ2) is 4.78. The lowest BCUT2D eigenvalue weighted by molar-refractivity contribution is -0.118. The minimum absolute atomic E-state index is 0.235. The number of nitrogens with one attached hydrogen (secondary N) is 2. The number of carbonyl (C=O) groups is 1. The highest BCUT2D eigenvalue weighted by Crippen LogP contribution is 2.16. The Morgan fingerprint density at radius 1 is 1.44 bits per heavy atom. The fourth-order valence-corrected chi connectivity index (χ4v) is 1.37. The van der Waals surface area contributed by atoms with Crippen LogP contribution >= 0.6 is 0 Å². The molecular weight excluding hydrogens is 206 g/mol. The molecule has 0 aliphatic carbocycles. The molecule has 0 radical (unpaired) electrons. The van der Waals surface area contributed by atoms with Gasteiger partial charge in [0.2, 0.25) is 5.91 Å². The largest absolute Gasteiger partial charge is 0.372 e. The molecule has 0 saturated heterocycles. The number of rotatable bonds is 5. The van der Waals surface area contributed by atoms with E-state index in [1.54, 1.807) is 19.4 Å². The molecule has 0 spiro atoms. The van der Waals surface area contributed by atoms with Gasteiger partial charge in [-0.15, -0.1) is 0 Å². The number of nitrogens with two attached hydrogens (primary N) is 1. The van der Waals surface area contributed by atoms with Crippen molar-refractivity contribution in [2.45, 2.75) is 25.8 Å². The third kappa shape index (κ3) is 3.72. The molecule has 0 fully saturated rings. The SMILES string of the molecule is CNc1cncc(NC(C)(C)CC(N)=O)n1. The molecule has 1 aromatic rings. The maximum atomic E-state index is 10.9. The minimum Gasteiger partial charge on any atom is -0.372 e. The van der Waals surface area contributed by atoms with Crippen molar-refractivity contribution in [3.05, 3.63) is 12.4 Å². The van der Waals surface area contributed by atoms with Crippen LogP contribution in [0.2, 0.25) is 0 Å². The van der Waals surface area contributed by atoms with Crippen molar-refractivity contribution >= 4 is 17.5 Å². The number of nitrogens with zero attached hydrogens (tertiary/aromatic N) is 2. The molecule has 88 valence electrons. The van der Waals surface area contributed by atoms with Crippen LogP contribution in [0, 0.1) is 0 Å². The molecule has 6 heteroatoms. The molecule has 0 saturated carbocycles. The second-order valence-electron chi connectivity index (χ2n) is 4.19. The van der Waals surface area contributed by atoms with E-state index in [1.807, 2.05) is 13.8 Å². The Labute approximate surface area is 94.7 Å². The van der Waals surface area contributed by atoms with E-state index in [0.29, 0.717) is 11.6 Å². The summed E-state index contributed by atoms with van der Waals surface area (Å²) in [5.41, 5.74) is 4.72. The lowest BCUT2D eigenvalue weighted by Crippen LogP contribution is -2.36. The van der Waals surface area contributed by atoms with Gasteiger partial charge in [0.15, 0.2) is 0 Å². The molecule has 1 rings (SSSR count). The summed E-state index contributed by atoms with van der Waals surface area (Å²) >= 11 is 0. The van der Waals surface area contributed by atoms with Gasteiger partial charge < -0.3 is 16.4 Å². The first-order chi connectivity index (χ1) is 7.43. The highest BCUT2D eigenvalue weighted by Gasteiger charge is 2.20. The monoisotopic (exact) mass is 223 g/mol. The van der Waals surface area contributed by atoms with E-state index in [2.05, 4.69) is 20.6 Å². The molecule has 0 aliphatic heterocycles. The number of carbonyl (C=O) groups excluding carboxylic acids is 1. The fraction of sp³-hybridized carbons (Fsp3) is 0.500. The molecule has 0 bridgehead atoms. The van der Waals surface area contributed by atoms with E-state index in [0.717, 1.165) is 0 Å². The van der Waals surface area contributed by atoms with Crippen LogP contribution in [0.5, 0.6) is 0 Å². The third-order valence-electron chi connectivity index (χ3n) is 1.97. The summed E-state index contributed by atoms with van der Waals surface area (Å²) in [7, 11) is 1.77. The molecule has 1 aromatic heterocycles. The number of aromatic nitrogens is 2. The Morgan fingerprint density at radius 2 is 2.06 bits per heavy atom. The highest BCUT2D eigenvalue weighted by atomic mass is 16.1. The number of hydrogen-bond acceptors (Lipinski definition) is 5. The lowest BCUT2D eigenvalue weighted by atomic mass is 10.0. The minimum atomic E-state index is -0.438. The standard InChI is InChI=1S/C10H17N5O/c1-10(2,4-7(11)16)15-9-6-13-5-8(12-3)14-9/h5-6H,4H2,1-3H3,(H2,11,16)(H2,12,14,15). The van der Waals surface area contributed by atoms with E-state index >= 15 is 0 Å². The molecule has 16 heavy (non-hydrogen) atoms. The van der Waals surface area contributed by atoms with Crippen LogP contribution in [0.3, 0.4) is 0 Å². The van der Waals surface area contributed by atoms with Gasteiger partial charge >= 0.3 is 0 Å². The Bertz CT molecular complexity index is 377. The van der Waals surface area contributed by atoms with Crippen molar-refractivity contribution in [2.75, 3.05) is 17.7 Å². The first kappa shape index (κ1) is 12.2. The van der Waals surface area contributed by atoms with Gasteiger partial charge in [-0.3, -0.25) is 9.78 Å². The smallest absolute Gasteiger partial charge is 0.219 e. The van der Waals surface area contributed by atoms with E-state index < -0.39 is 5.54 Å². The van der Waals surface area contributed by atoms with Crippen molar-refractivity contribution in [3.63, 3.8) is 0 Å². The Hall–Kier alpha value is -1.85. The highest BCUT2D eigenvalue weighted by molar-refractivity contribution is 5.75. The zero-order chi connectivity index (χ0) is 12.2. The quantitative estimate of drug-likeness (QED) is 0.679. The molecular formula is C10H17N5O. The fourth-order valence-electron chi connectivity index (χ4n) is 1.37. The van der Waals surface area contributed by atoms with Crippen molar-refractivity contribution < 1.29 is 4.79 Å². The molecule has 0 unspecified atom stereocenters. The summed E-state index contributed by atoms with van der Waals surface area (Å²) in [5.74, 6) is 0.924. The van der Waals surface area contributed by atoms with Gasteiger partial charge in [0.05, 0.1) is 12.4 Å². The van der Waals surface area contributed by atoms with Gasteiger partial charge in [0, 0.05) is 19.0 Å². The van der Waals surface area contributed by atoms with Crippen LogP contribution in [0.15, 0.2) is 12.4 Å². The summed E-state index contributed by atoms with van der Waals surface area (Å²) in [6, 6.07) is 0. The van der Waals surface area contributed by atoms with Crippen LogP contribution in [0.25, 0.3) is 0 Å². The molecule has 1 heterocycles. The summed E-state index contributed by atoms with van der Waals surface area (Å²) in [6.07, 6.45) is 3.45. The third-order valence-corrected chi connectivity index (χ3v) is 1.97. The van der Waals surface area contributed by atoms with Gasteiger partial charge in [-0.25, -0.2) is 4.98 Å². The maximum absolute atomic E-state index is 10.9. The second-order valence-corrected chi connectivity index (χ2v) is 4.19. The molecule has 6 nitrogen and oxygen atoms in total. The zero-order valence-electron chi connectivity index (χ0n) is 9.74. The van der Waals surface area contributed by atoms with Crippen LogP contribution < -0.4 is 16.4 Å². The van der Waals surface area contributed by atoms with Gasteiger partial charge in [-0.2, -0.15) is 0 Å². The summed E-state index contributed by atoms with van der Waals surface area (Å²) in [6.45, 7) is 3.76. The normalized spacial score (nSPS) is 10.9. The van der Waals surface area contributed by atoms with Crippen LogP contribution in [-0.2, 0) is 4.79 Å². The first-order valence-electron chi connectivity index (χ1n) is 4.99. The number of anilines is 2. The van der Waals surface area contributed by atoms with E-state index in [4.69, 9.17) is 5.73 Å². The topological polar surface area (TPSA) is 92.9 Å². The maximum Gasteiger partial charge on any atom is 0.219 e. The van der Waals surface area contributed by atoms with Crippen LogP contribution in [0.1, 0.15) is 20.3 Å². The molecule has 0 aromatic carbocycles. The lowest BCUT2D eigenvalue weighted by Gasteiger charge is -2.25. The average molecular weight is 223 g/mol. The molecule has 4 N–H and O–H groups in total. The van der Waals surface area contributed by atoms with Gasteiger partial charge in [-0.1, -0.05) is 0 Å². The summed E-state index contributed by atoms with van der Waals surface area (Å²) in [5, 5.41) is 6.00. The Balaban J connectivity index is 2.75. The Kier molecular flexibility index (Phi) is 3.65. The van der Waals surface area contributed by atoms with Crippen molar-refractivity contribution in [1.82, 2.24) is 9.97 Å². The molecule has 0 atom stereocenters. The number of primary amides is 1. The van der Waals surface area contributed by atoms with E-state index in [1.165, 1.54) is 0 Å². The Morgan fingerprint density at radius 3 is 2.62 bits per heavy atom. The zero-order valence-corrected chi connectivity index (χ0v) is 9.74. The number of amides is 1. The van der Waals surface area contributed by atoms with Crippen molar-refractivity contribution in [3.8, 4) is 0 Å². The predicted octanol–water partition coefficient (Wildman–Crippen LogP) is 0.584. The van der Waals surface area contributed by atoms with Gasteiger partial charge in [0.1, 0.15) is 11.6 Å². The number of hydrogen-bond donors (Lipinski definition) is 3. The summed E-state index contributed by atoms with van der Waals surface area (Å²) in [4.78, 5) is 19.1. The first-order valence-corrected chi connectivity index (χ1v) is 4.99. The predicted molar refractivity (Wildman–Crippen MR) is 63.1 cm³/mol. The molecule has 1 amide bonds. The van der Waals surface area contributed by atoms with Crippen molar-refractivity contribution in [2.24, 2.45) is 5.73 Å². The van der Waals surface area contributed by atoms with Gasteiger partial charge in [-0.05, 0) is 13.8 Å². The van der Waals surface area contributed by atoms with E-state index in [-0.39, 0.29) is 12.3 Å². The van der Waals surface area contributed by atoms with E-state index in [9.17, 15) is 4.79 Å². The summed E-state index contributed by atoms with van der Waals surface area (Å²) < 4.78 is 0. The van der Waals surface area contributed by atoms with Crippen LogP contribution in [-0.4, -0.2) is 28.5 Å². The van der Waals surface area contributed by atoms with Gasteiger partial charge in [0.25, 0.3) is 0 Å². The van der Waals surface area contributed by atoms with Crippen molar-refractivity contribution in [1.29, 1.82) is 0 Å². The molecule has 0 aliphatic rings.